The van der Waals surface area contributed by atoms with E-state index < -0.39 is 23.1 Å². The van der Waals surface area contributed by atoms with Crippen molar-refractivity contribution in [3.8, 4) is 0 Å². The molecular formula is C17H13BrF2N4O. The summed E-state index contributed by atoms with van der Waals surface area (Å²) in [5, 5.41) is 6.38. The van der Waals surface area contributed by atoms with Gasteiger partial charge in [-0.05, 0) is 30.3 Å². The first-order chi connectivity index (χ1) is 12.1. The zero-order chi connectivity index (χ0) is 17.8. The Labute approximate surface area is 150 Å². The lowest BCUT2D eigenvalue weighted by Gasteiger charge is -2.10. The maximum Gasteiger partial charge on any atom is 0.257 e. The Hall–Kier alpha value is -2.61. The summed E-state index contributed by atoms with van der Waals surface area (Å²) in [7, 11) is 0. The average Bonchev–Trinajstić information content (AvgIpc) is 2.58. The minimum Gasteiger partial charge on any atom is -0.368 e. The van der Waals surface area contributed by atoms with E-state index in [0.717, 1.165) is 27.5 Å². The summed E-state index contributed by atoms with van der Waals surface area (Å²) in [4.78, 5) is 20.3. The zero-order valence-electron chi connectivity index (χ0n) is 12.9. The van der Waals surface area contributed by atoms with Crippen LogP contribution in [0.3, 0.4) is 0 Å². The van der Waals surface area contributed by atoms with Crippen molar-refractivity contribution in [2.45, 2.75) is 0 Å². The second-order valence-electron chi connectivity index (χ2n) is 5.16. The van der Waals surface area contributed by atoms with E-state index in [0.29, 0.717) is 12.4 Å². The molecule has 0 atom stereocenters. The fraction of sp³-hybridized carbons (Fsp3) is 0.118. The summed E-state index contributed by atoms with van der Waals surface area (Å²) in [6.45, 7) is 0.506. The molecule has 0 radical (unpaired) electrons. The van der Waals surface area contributed by atoms with E-state index in [4.69, 9.17) is 0 Å². The van der Waals surface area contributed by atoms with Crippen molar-refractivity contribution in [3.63, 3.8) is 0 Å². The molecular weight excluding hydrogens is 394 g/mol. The van der Waals surface area contributed by atoms with Crippen molar-refractivity contribution in [1.29, 1.82) is 0 Å². The lowest BCUT2D eigenvalue weighted by molar-refractivity contribution is 0.0946. The molecule has 1 aromatic heterocycles. The van der Waals surface area contributed by atoms with E-state index in [1.807, 2.05) is 18.2 Å². The number of nitrogens with one attached hydrogen (secondary N) is 2. The van der Waals surface area contributed by atoms with E-state index in [1.165, 1.54) is 12.4 Å². The Morgan fingerprint density at radius 1 is 1.08 bits per heavy atom. The minimum absolute atomic E-state index is 0.173. The molecule has 0 aliphatic carbocycles. The van der Waals surface area contributed by atoms with Gasteiger partial charge in [-0.1, -0.05) is 22.0 Å². The lowest BCUT2D eigenvalue weighted by Crippen LogP contribution is -2.30. The summed E-state index contributed by atoms with van der Waals surface area (Å²) in [6.07, 6.45) is 1.44. The van der Waals surface area contributed by atoms with Crippen molar-refractivity contribution in [2.24, 2.45) is 0 Å². The zero-order valence-corrected chi connectivity index (χ0v) is 14.5. The van der Waals surface area contributed by atoms with Gasteiger partial charge < -0.3 is 10.6 Å². The van der Waals surface area contributed by atoms with Crippen LogP contribution in [-0.4, -0.2) is 29.0 Å². The predicted octanol–water partition coefficient (Wildman–Crippen LogP) is 3.51. The molecule has 0 fully saturated rings. The first-order valence-corrected chi connectivity index (χ1v) is 8.22. The van der Waals surface area contributed by atoms with Crippen molar-refractivity contribution in [3.05, 3.63) is 64.4 Å². The second-order valence-corrected chi connectivity index (χ2v) is 6.08. The molecule has 0 aliphatic rings. The highest BCUT2D eigenvalue weighted by Crippen LogP contribution is 2.23. The fourth-order valence-corrected chi connectivity index (χ4v) is 2.69. The standard InChI is InChI=1S/C17H13BrF2N4O/c18-10-4-5-14-11(8-10)16(24-9-23-14)21-6-7-22-17(25)15-12(19)2-1-3-13(15)20/h1-5,8-9H,6-7H2,(H,22,25)(H,21,23,24). The van der Waals surface area contributed by atoms with E-state index in [9.17, 15) is 13.6 Å². The van der Waals surface area contributed by atoms with Crippen LogP contribution in [0.5, 0.6) is 0 Å². The molecule has 128 valence electrons. The number of anilines is 1. The first-order valence-electron chi connectivity index (χ1n) is 7.42. The number of halogens is 3. The summed E-state index contributed by atoms with van der Waals surface area (Å²) in [6, 6.07) is 8.91. The second kappa shape index (κ2) is 7.52. The van der Waals surface area contributed by atoms with Crippen molar-refractivity contribution < 1.29 is 13.6 Å². The molecule has 25 heavy (non-hydrogen) atoms. The van der Waals surface area contributed by atoms with Gasteiger partial charge in [0, 0.05) is 22.9 Å². The number of rotatable bonds is 5. The van der Waals surface area contributed by atoms with Crippen LogP contribution in [0.1, 0.15) is 10.4 Å². The molecule has 0 saturated carbocycles. The normalized spacial score (nSPS) is 10.7. The third kappa shape index (κ3) is 3.90. The highest BCUT2D eigenvalue weighted by molar-refractivity contribution is 9.10. The highest BCUT2D eigenvalue weighted by atomic mass is 79.9. The molecule has 1 heterocycles. The molecule has 0 bridgehead atoms. The van der Waals surface area contributed by atoms with Gasteiger partial charge in [-0.25, -0.2) is 18.7 Å². The quantitative estimate of drug-likeness (QED) is 0.636. The molecule has 0 spiro atoms. The topological polar surface area (TPSA) is 66.9 Å². The molecule has 0 aliphatic heterocycles. The Balaban J connectivity index is 1.62. The highest BCUT2D eigenvalue weighted by Gasteiger charge is 2.16. The van der Waals surface area contributed by atoms with Gasteiger partial charge in [0.15, 0.2) is 0 Å². The molecule has 1 amide bonds. The van der Waals surface area contributed by atoms with Gasteiger partial charge in [0.25, 0.3) is 5.91 Å². The molecule has 0 saturated heterocycles. The van der Waals surface area contributed by atoms with Crippen LogP contribution in [-0.2, 0) is 0 Å². The summed E-state index contributed by atoms with van der Waals surface area (Å²) >= 11 is 3.40. The van der Waals surface area contributed by atoms with E-state index in [2.05, 4.69) is 36.5 Å². The van der Waals surface area contributed by atoms with Crippen molar-refractivity contribution in [2.75, 3.05) is 18.4 Å². The van der Waals surface area contributed by atoms with Crippen LogP contribution in [0.4, 0.5) is 14.6 Å². The third-order valence-electron chi connectivity index (χ3n) is 3.49. The summed E-state index contributed by atoms with van der Waals surface area (Å²) in [5.41, 5.74) is 0.192. The first kappa shape index (κ1) is 17.2. The SMILES string of the molecule is O=C(NCCNc1ncnc2ccc(Br)cc12)c1c(F)cccc1F. The average molecular weight is 407 g/mol. The number of hydrogen-bond donors (Lipinski definition) is 2. The molecule has 3 aromatic rings. The Morgan fingerprint density at radius 2 is 1.84 bits per heavy atom. The predicted molar refractivity (Wildman–Crippen MR) is 94.4 cm³/mol. The van der Waals surface area contributed by atoms with Gasteiger partial charge in [0.1, 0.15) is 29.3 Å². The number of aromatic nitrogens is 2. The van der Waals surface area contributed by atoms with Gasteiger partial charge in [0.2, 0.25) is 0 Å². The van der Waals surface area contributed by atoms with Gasteiger partial charge >= 0.3 is 0 Å². The summed E-state index contributed by atoms with van der Waals surface area (Å²) in [5.74, 6) is -1.97. The summed E-state index contributed by atoms with van der Waals surface area (Å²) < 4.78 is 28.0. The number of carbonyl (C=O) groups excluding carboxylic acids is 1. The van der Waals surface area contributed by atoms with Gasteiger partial charge in [-0.3, -0.25) is 4.79 Å². The van der Waals surface area contributed by atoms with E-state index in [-0.39, 0.29) is 6.54 Å². The molecule has 0 unspecified atom stereocenters. The Kier molecular flexibility index (Phi) is 5.18. The van der Waals surface area contributed by atoms with Crippen LogP contribution in [0.2, 0.25) is 0 Å². The minimum atomic E-state index is -0.892. The number of nitrogens with zero attached hydrogens (tertiary/aromatic N) is 2. The lowest BCUT2D eigenvalue weighted by atomic mass is 10.2. The molecule has 5 nitrogen and oxygen atoms in total. The van der Waals surface area contributed by atoms with Gasteiger partial charge in [0.05, 0.1) is 5.52 Å². The van der Waals surface area contributed by atoms with Crippen LogP contribution in [0.15, 0.2) is 47.2 Å². The van der Waals surface area contributed by atoms with Crippen LogP contribution in [0, 0.1) is 11.6 Å². The van der Waals surface area contributed by atoms with Crippen molar-refractivity contribution in [1.82, 2.24) is 15.3 Å². The van der Waals surface area contributed by atoms with E-state index >= 15 is 0 Å². The monoisotopic (exact) mass is 406 g/mol. The number of hydrogen-bond acceptors (Lipinski definition) is 4. The fourth-order valence-electron chi connectivity index (χ4n) is 2.33. The molecule has 2 N–H and O–H groups in total. The molecule has 8 heteroatoms. The number of carbonyl (C=O) groups is 1. The van der Waals surface area contributed by atoms with Gasteiger partial charge in [-0.15, -0.1) is 0 Å². The maximum absolute atomic E-state index is 13.5. The Bertz CT molecular complexity index is 915. The van der Waals surface area contributed by atoms with Crippen LogP contribution in [0.25, 0.3) is 10.9 Å². The smallest absolute Gasteiger partial charge is 0.257 e. The van der Waals surface area contributed by atoms with Crippen molar-refractivity contribution >= 4 is 38.6 Å². The third-order valence-corrected chi connectivity index (χ3v) is 3.98. The molecule has 3 rings (SSSR count). The van der Waals surface area contributed by atoms with Gasteiger partial charge in [-0.2, -0.15) is 0 Å². The number of amides is 1. The van der Waals surface area contributed by atoms with Crippen LogP contribution < -0.4 is 10.6 Å². The Morgan fingerprint density at radius 3 is 2.60 bits per heavy atom. The van der Waals surface area contributed by atoms with E-state index in [1.54, 1.807) is 0 Å². The maximum atomic E-state index is 13.5. The number of fused-ring (bicyclic) bond motifs is 1. The number of benzene rings is 2. The largest absolute Gasteiger partial charge is 0.368 e. The van der Waals surface area contributed by atoms with Crippen LogP contribution >= 0.6 is 15.9 Å². The molecule has 2 aromatic carbocycles.